The highest BCUT2D eigenvalue weighted by Gasteiger charge is 2.30. The zero-order valence-electron chi connectivity index (χ0n) is 19.9. The van der Waals surface area contributed by atoms with Crippen molar-refractivity contribution in [2.24, 2.45) is 5.92 Å². The van der Waals surface area contributed by atoms with E-state index in [2.05, 4.69) is 69.7 Å². The molecule has 2 aromatic carbocycles. The minimum Gasteiger partial charge on any atom is -0.378 e. The van der Waals surface area contributed by atoms with Gasteiger partial charge < -0.3 is 19.9 Å². The van der Waals surface area contributed by atoms with Gasteiger partial charge in [-0.2, -0.15) is 4.98 Å². The maximum Gasteiger partial charge on any atom is 0.270 e. The molecule has 6 rings (SSSR count). The third-order valence-corrected chi connectivity index (χ3v) is 7.18. The molecule has 2 aliphatic heterocycles. The monoisotopic (exact) mass is 469 g/mol. The average molecular weight is 470 g/mol. The molecular formula is C28H31N5O2. The quantitative estimate of drug-likeness (QED) is 0.590. The molecule has 2 fully saturated rings. The molecule has 1 aliphatic carbocycles. The van der Waals surface area contributed by atoms with Gasteiger partial charge >= 0.3 is 0 Å². The summed E-state index contributed by atoms with van der Waals surface area (Å²) in [5.41, 5.74) is 4.12. The highest BCUT2D eigenvalue weighted by Crippen LogP contribution is 2.38. The number of amides is 1. The summed E-state index contributed by atoms with van der Waals surface area (Å²) in [5, 5.41) is 3.08. The fourth-order valence-electron chi connectivity index (χ4n) is 5.00. The summed E-state index contributed by atoms with van der Waals surface area (Å²) >= 11 is 0. The fourth-order valence-corrected chi connectivity index (χ4v) is 5.00. The van der Waals surface area contributed by atoms with Gasteiger partial charge in [-0.15, -0.1) is 0 Å². The third-order valence-electron chi connectivity index (χ3n) is 7.18. The summed E-state index contributed by atoms with van der Waals surface area (Å²) in [6, 6.07) is 20.9. The molecule has 3 aromatic rings. The van der Waals surface area contributed by atoms with E-state index in [4.69, 9.17) is 14.7 Å². The van der Waals surface area contributed by atoms with E-state index in [0.29, 0.717) is 43.2 Å². The Balaban J connectivity index is 1.39. The van der Waals surface area contributed by atoms with Gasteiger partial charge in [0.15, 0.2) is 0 Å². The highest BCUT2D eigenvalue weighted by molar-refractivity contribution is 5.93. The molecule has 35 heavy (non-hydrogen) atoms. The SMILES string of the molecule is O=C(NCC1CC1)c1cc(N2CCOCC2)nc(N2CC(c3ccccc3)Cc3ccccc32)n1. The molecule has 0 spiro atoms. The number of hydrogen-bond donors (Lipinski definition) is 1. The van der Waals surface area contributed by atoms with Crippen LogP contribution in [0.3, 0.4) is 0 Å². The van der Waals surface area contributed by atoms with Gasteiger partial charge in [0.2, 0.25) is 5.95 Å². The number of aromatic nitrogens is 2. The molecule has 1 atom stereocenters. The molecule has 180 valence electrons. The number of carbonyl (C=O) groups excluding carboxylic acids is 1. The molecule has 1 unspecified atom stereocenters. The van der Waals surface area contributed by atoms with E-state index < -0.39 is 0 Å². The van der Waals surface area contributed by atoms with Gasteiger partial charge in [-0.05, 0) is 42.4 Å². The predicted molar refractivity (Wildman–Crippen MR) is 136 cm³/mol. The number of nitrogens with zero attached hydrogens (tertiary/aromatic N) is 4. The van der Waals surface area contributed by atoms with Crippen LogP contribution in [0.2, 0.25) is 0 Å². The van der Waals surface area contributed by atoms with Crippen molar-refractivity contribution >= 4 is 23.4 Å². The van der Waals surface area contributed by atoms with Crippen LogP contribution in [0.1, 0.15) is 40.4 Å². The minimum absolute atomic E-state index is 0.125. The second-order valence-corrected chi connectivity index (χ2v) is 9.72. The second-order valence-electron chi connectivity index (χ2n) is 9.72. The van der Waals surface area contributed by atoms with Gasteiger partial charge in [0, 0.05) is 43.9 Å². The van der Waals surface area contributed by atoms with Crippen LogP contribution in [0.25, 0.3) is 0 Å². The molecule has 7 heteroatoms. The lowest BCUT2D eigenvalue weighted by atomic mass is 9.87. The van der Waals surface area contributed by atoms with Crippen molar-refractivity contribution in [2.75, 3.05) is 49.2 Å². The van der Waals surface area contributed by atoms with Crippen molar-refractivity contribution in [1.82, 2.24) is 15.3 Å². The van der Waals surface area contributed by atoms with E-state index in [1.807, 2.05) is 6.07 Å². The maximum absolute atomic E-state index is 13.1. The molecule has 1 amide bonds. The lowest BCUT2D eigenvalue weighted by Gasteiger charge is -2.36. The Morgan fingerprint density at radius 3 is 2.57 bits per heavy atom. The number of nitrogens with one attached hydrogen (secondary N) is 1. The summed E-state index contributed by atoms with van der Waals surface area (Å²) in [7, 11) is 0. The Labute approximate surface area is 206 Å². The Kier molecular flexibility index (Phi) is 6.08. The van der Waals surface area contributed by atoms with Crippen molar-refractivity contribution < 1.29 is 9.53 Å². The Bertz CT molecular complexity index is 1190. The van der Waals surface area contributed by atoms with E-state index in [-0.39, 0.29) is 5.91 Å². The molecule has 1 N–H and O–H groups in total. The van der Waals surface area contributed by atoms with E-state index in [9.17, 15) is 4.79 Å². The zero-order valence-corrected chi connectivity index (χ0v) is 19.9. The molecule has 0 radical (unpaired) electrons. The molecule has 7 nitrogen and oxygen atoms in total. The fraction of sp³-hybridized carbons (Fsp3) is 0.393. The number of anilines is 3. The van der Waals surface area contributed by atoms with Crippen LogP contribution in [-0.4, -0.2) is 55.3 Å². The van der Waals surface area contributed by atoms with Gasteiger partial charge in [0.25, 0.3) is 5.91 Å². The van der Waals surface area contributed by atoms with Gasteiger partial charge in [0.05, 0.1) is 13.2 Å². The van der Waals surface area contributed by atoms with Crippen LogP contribution in [-0.2, 0) is 11.2 Å². The topological polar surface area (TPSA) is 70.6 Å². The lowest BCUT2D eigenvalue weighted by molar-refractivity contribution is 0.0946. The Hall–Kier alpha value is -3.45. The molecule has 0 bridgehead atoms. The number of carbonyl (C=O) groups is 1. The highest BCUT2D eigenvalue weighted by atomic mass is 16.5. The molecule has 3 aliphatic rings. The second kappa shape index (κ2) is 9.66. The normalized spacial score (nSPS) is 19.8. The molecule has 1 saturated heterocycles. The number of morpholine rings is 1. The van der Waals surface area contributed by atoms with Crippen LogP contribution in [0, 0.1) is 5.92 Å². The first kappa shape index (κ1) is 22.0. The first-order valence-corrected chi connectivity index (χ1v) is 12.6. The van der Waals surface area contributed by atoms with Crippen molar-refractivity contribution in [3.63, 3.8) is 0 Å². The van der Waals surface area contributed by atoms with Crippen LogP contribution in [0.15, 0.2) is 60.7 Å². The number of benzene rings is 2. The van der Waals surface area contributed by atoms with Crippen molar-refractivity contribution in [1.29, 1.82) is 0 Å². The predicted octanol–water partition coefficient (Wildman–Crippen LogP) is 3.93. The lowest BCUT2D eigenvalue weighted by Crippen LogP contribution is -2.38. The van der Waals surface area contributed by atoms with Crippen LogP contribution >= 0.6 is 0 Å². The zero-order chi connectivity index (χ0) is 23.6. The summed E-state index contributed by atoms with van der Waals surface area (Å²) < 4.78 is 5.55. The van der Waals surface area contributed by atoms with Gasteiger partial charge in [0.1, 0.15) is 11.5 Å². The molecular weight excluding hydrogens is 438 g/mol. The Morgan fingerprint density at radius 2 is 1.77 bits per heavy atom. The van der Waals surface area contributed by atoms with Gasteiger partial charge in [-0.3, -0.25) is 4.79 Å². The van der Waals surface area contributed by atoms with Crippen molar-refractivity contribution in [3.8, 4) is 0 Å². The smallest absolute Gasteiger partial charge is 0.270 e. The molecule has 1 saturated carbocycles. The van der Waals surface area contributed by atoms with E-state index >= 15 is 0 Å². The molecule has 3 heterocycles. The first-order valence-electron chi connectivity index (χ1n) is 12.6. The van der Waals surface area contributed by atoms with Crippen molar-refractivity contribution in [2.45, 2.75) is 25.2 Å². The standard InChI is InChI=1S/C28H31N5O2/c34-27(29-18-20-10-11-20)24-17-26(32-12-14-35-15-13-32)31-28(30-24)33-19-23(21-6-2-1-3-7-21)16-22-8-4-5-9-25(22)33/h1-9,17,20,23H,10-16,18-19H2,(H,29,34). The number of fused-ring (bicyclic) bond motifs is 1. The van der Waals surface area contributed by atoms with Gasteiger partial charge in [-0.25, -0.2) is 4.98 Å². The molecule has 1 aromatic heterocycles. The van der Waals surface area contributed by atoms with Crippen LogP contribution in [0.4, 0.5) is 17.5 Å². The summed E-state index contributed by atoms with van der Waals surface area (Å²) in [4.78, 5) is 27.3. The number of rotatable bonds is 6. The van der Waals surface area contributed by atoms with Crippen molar-refractivity contribution in [3.05, 3.63) is 77.5 Å². The average Bonchev–Trinajstić information content (AvgIpc) is 3.76. The van der Waals surface area contributed by atoms with Crippen LogP contribution in [0.5, 0.6) is 0 Å². The summed E-state index contributed by atoms with van der Waals surface area (Å²) in [5.74, 6) is 2.17. The maximum atomic E-state index is 13.1. The number of hydrogen-bond acceptors (Lipinski definition) is 6. The van der Waals surface area contributed by atoms with E-state index in [1.165, 1.54) is 24.0 Å². The van der Waals surface area contributed by atoms with Crippen LogP contribution < -0.4 is 15.1 Å². The van der Waals surface area contributed by atoms with E-state index in [1.54, 1.807) is 0 Å². The van der Waals surface area contributed by atoms with E-state index in [0.717, 1.165) is 37.6 Å². The van der Waals surface area contributed by atoms with Gasteiger partial charge in [-0.1, -0.05) is 48.5 Å². The summed E-state index contributed by atoms with van der Waals surface area (Å²) in [6.45, 7) is 4.30. The number of para-hydroxylation sites is 1. The Morgan fingerprint density at radius 1 is 1.00 bits per heavy atom. The minimum atomic E-state index is -0.125. The third kappa shape index (κ3) is 4.86. The summed E-state index contributed by atoms with van der Waals surface area (Å²) in [6.07, 6.45) is 3.36. The largest absolute Gasteiger partial charge is 0.378 e. The first-order chi connectivity index (χ1) is 17.2. The number of ether oxygens (including phenoxy) is 1.